The maximum atomic E-state index is 14.5. The third-order valence-corrected chi connectivity index (χ3v) is 3.67. The lowest BCUT2D eigenvalue weighted by Crippen LogP contribution is -2.39. The molecule has 1 aliphatic rings. The van der Waals surface area contributed by atoms with Crippen LogP contribution < -0.4 is 11.2 Å². The van der Waals surface area contributed by atoms with Crippen LogP contribution in [0.3, 0.4) is 0 Å². The first kappa shape index (κ1) is 20.1. The maximum Gasteiger partial charge on any atom is 0.423 e. The molecule has 0 spiro atoms. The quantitative estimate of drug-likeness (QED) is 0.628. The number of aromatic amines is 1. The van der Waals surface area contributed by atoms with Gasteiger partial charge in [-0.25, -0.2) is 13.6 Å². The van der Waals surface area contributed by atoms with Crippen molar-refractivity contribution in [1.29, 1.82) is 0 Å². The summed E-state index contributed by atoms with van der Waals surface area (Å²) in [7, 11) is 0. The van der Waals surface area contributed by atoms with Crippen LogP contribution in [0.25, 0.3) is 0 Å². The van der Waals surface area contributed by atoms with Crippen LogP contribution in [-0.2, 0) is 20.4 Å². The SMILES string of the molecule is CC(C)C(=O)OC[C@@]1(F)O[C@@H](n2cc(C(F)(F)F)c(=O)[nH]c2=O)C[C@@H]1F. The average Bonchev–Trinajstić information content (AvgIpc) is 2.79. The lowest BCUT2D eigenvalue weighted by molar-refractivity contribution is -0.209. The molecule has 3 atom stereocenters. The molecule has 1 aromatic rings. The number of alkyl halides is 5. The van der Waals surface area contributed by atoms with Gasteiger partial charge in [-0.1, -0.05) is 13.8 Å². The molecule has 12 heteroatoms. The van der Waals surface area contributed by atoms with Gasteiger partial charge < -0.3 is 9.47 Å². The van der Waals surface area contributed by atoms with Crippen LogP contribution in [-0.4, -0.2) is 34.2 Å². The van der Waals surface area contributed by atoms with Crippen molar-refractivity contribution in [2.45, 2.75) is 44.7 Å². The van der Waals surface area contributed by atoms with Gasteiger partial charge in [-0.15, -0.1) is 0 Å². The zero-order valence-corrected chi connectivity index (χ0v) is 13.6. The van der Waals surface area contributed by atoms with Gasteiger partial charge in [0.25, 0.3) is 11.4 Å². The van der Waals surface area contributed by atoms with Gasteiger partial charge in [-0.05, 0) is 0 Å². The van der Waals surface area contributed by atoms with Crippen LogP contribution in [0.1, 0.15) is 32.1 Å². The Kier molecular flexibility index (Phi) is 5.26. The lowest BCUT2D eigenvalue weighted by atomic mass is 10.1. The van der Waals surface area contributed by atoms with Crippen LogP contribution in [0.5, 0.6) is 0 Å². The standard InChI is InChI=1S/C14H15F5N2O5/c1-6(2)11(23)25-5-13(16)8(15)3-9(26-13)21-4-7(14(17,18)19)10(22)20-12(21)24/h4,6,8-9H,3,5H2,1-2H3,(H,20,22,24)/t8-,9+,13+/m0/s1. The second kappa shape index (κ2) is 6.82. The molecule has 1 aliphatic heterocycles. The summed E-state index contributed by atoms with van der Waals surface area (Å²) in [6.45, 7) is 1.78. The largest absolute Gasteiger partial charge is 0.459 e. The number of aromatic nitrogens is 2. The third-order valence-electron chi connectivity index (χ3n) is 3.67. The highest BCUT2D eigenvalue weighted by molar-refractivity contribution is 5.71. The summed E-state index contributed by atoms with van der Waals surface area (Å²) in [5.74, 6) is -4.59. The number of carbonyl (C=O) groups excluding carboxylic acids is 1. The van der Waals surface area contributed by atoms with Crippen molar-refractivity contribution < 1.29 is 36.2 Å². The molecule has 26 heavy (non-hydrogen) atoms. The van der Waals surface area contributed by atoms with Crippen LogP contribution in [0.15, 0.2) is 15.8 Å². The fraction of sp³-hybridized carbons (Fsp3) is 0.643. The van der Waals surface area contributed by atoms with Crippen molar-refractivity contribution in [2.24, 2.45) is 5.92 Å². The number of carbonyl (C=O) groups is 1. The second-order valence-electron chi connectivity index (χ2n) is 6.03. The van der Waals surface area contributed by atoms with Crippen LogP contribution in [0.2, 0.25) is 0 Å². The van der Waals surface area contributed by atoms with Crippen LogP contribution >= 0.6 is 0 Å². The molecule has 0 aromatic carbocycles. The Labute approximate surface area is 142 Å². The van der Waals surface area contributed by atoms with Crippen molar-refractivity contribution in [1.82, 2.24) is 9.55 Å². The van der Waals surface area contributed by atoms with E-state index >= 15 is 0 Å². The van der Waals surface area contributed by atoms with Gasteiger partial charge in [0.1, 0.15) is 11.8 Å². The Balaban J connectivity index is 2.28. The number of halogens is 5. The monoisotopic (exact) mass is 386 g/mol. The second-order valence-corrected chi connectivity index (χ2v) is 6.03. The van der Waals surface area contributed by atoms with E-state index in [0.717, 1.165) is 0 Å². The lowest BCUT2D eigenvalue weighted by Gasteiger charge is -2.22. The number of esters is 1. The summed E-state index contributed by atoms with van der Waals surface area (Å²) >= 11 is 0. The Hall–Kier alpha value is -2.24. The minimum Gasteiger partial charge on any atom is -0.459 e. The highest BCUT2D eigenvalue weighted by Crippen LogP contribution is 2.40. The minimum absolute atomic E-state index is 0.129. The van der Waals surface area contributed by atoms with E-state index < -0.39 is 66.2 Å². The summed E-state index contributed by atoms with van der Waals surface area (Å²) in [5, 5.41) is 0. The summed E-state index contributed by atoms with van der Waals surface area (Å²) < 4.78 is 76.4. The van der Waals surface area contributed by atoms with Crippen LogP contribution in [0, 0.1) is 5.92 Å². The molecule has 146 valence electrons. The van der Waals surface area contributed by atoms with Gasteiger partial charge in [0.2, 0.25) is 0 Å². The summed E-state index contributed by atoms with van der Waals surface area (Å²) in [5.41, 5.74) is -4.74. The molecular weight excluding hydrogens is 371 g/mol. The molecule has 2 rings (SSSR count). The van der Waals surface area contributed by atoms with Crippen molar-refractivity contribution in [3.8, 4) is 0 Å². The third kappa shape index (κ3) is 3.94. The van der Waals surface area contributed by atoms with E-state index in [2.05, 4.69) is 4.74 Å². The van der Waals surface area contributed by atoms with Crippen LogP contribution in [0.4, 0.5) is 22.0 Å². The minimum atomic E-state index is -5.09. The fourth-order valence-electron chi connectivity index (χ4n) is 2.23. The molecular formula is C14H15F5N2O5. The predicted octanol–water partition coefficient (Wildman–Crippen LogP) is 1.68. The number of nitrogens with zero attached hydrogens (tertiary/aromatic N) is 1. The first-order valence-electron chi connectivity index (χ1n) is 7.45. The van der Waals surface area contributed by atoms with Crippen molar-refractivity contribution in [2.75, 3.05) is 6.61 Å². The van der Waals surface area contributed by atoms with Gasteiger partial charge in [0.15, 0.2) is 12.8 Å². The molecule has 0 radical (unpaired) electrons. The highest BCUT2D eigenvalue weighted by atomic mass is 19.4. The molecule has 0 amide bonds. The molecule has 0 bridgehead atoms. The smallest absolute Gasteiger partial charge is 0.423 e. The molecule has 0 saturated carbocycles. The topological polar surface area (TPSA) is 90.4 Å². The molecule has 1 saturated heterocycles. The fourth-order valence-corrected chi connectivity index (χ4v) is 2.23. The van der Waals surface area contributed by atoms with E-state index in [1.165, 1.54) is 18.8 Å². The zero-order valence-electron chi connectivity index (χ0n) is 13.6. The number of H-pyrrole nitrogens is 1. The molecule has 0 aliphatic carbocycles. The maximum absolute atomic E-state index is 14.5. The number of hydrogen-bond acceptors (Lipinski definition) is 5. The molecule has 7 nitrogen and oxygen atoms in total. The van der Waals surface area contributed by atoms with Crippen molar-refractivity contribution >= 4 is 5.97 Å². The number of hydrogen-bond donors (Lipinski definition) is 1. The molecule has 0 unspecified atom stereocenters. The van der Waals surface area contributed by atoms with E-state index in [1.54, 1.807) is 0 Å². The number of rotatable bonds is 4. The first-order chi connectivity index (χ1) is 11.8. The molecule has 1 fully saturated rings. The Morgan fingerprint density at radius 1 is 1.46 bits per heavy atom. The Bertz CT molecular complexity index is 802. The Morgan fingerprint density at radius 3 is 2.62 bits per heavy atom. The van der Waals surface area contributed by atoms with Gasteiger partial charge in [0, 0.05) is 12.6 Å². The van der Waals surface area contributed by atoms with E-state index in [4.69, 9.17) is 4.74 Å². The molecule has 2 heterocycles. The van der Waals surface area contributed by atoms with Gasteiger partial charge in [0.05, 0.1) is 5.92 Å². The summed E-state index contributed by atoms with van der Waals surface area (Å²) in [6, 6.07) is 0. The van der Waals surface area contributed by atoms with Gasteiger partial charge in [-0.3, -0.25) is 19.1 Å². The zero-order chi connectivity index (χ0) is 19.9. The Morgan fingerprint density at radius 2 is 2.08 bits per heavy atom. The highest BCUT2D eigenvalue weighted by Gasteiger charge is 2.52. The van der Waals surface area contributed by atoms with E-state index in [-0.39, 0.29) is 10.8 Å². The summed E-state index contributed by atoms with van der Waals surface area (Å²) in [4.78, 5) is 35.7. The van der Waals surface area contributed by atoms with E-state index in [0.29, 0.717) is 0 Å². The van der Waals surface area contributed by atoms with Crippen molar-refractivity contribution in [3.63, 3.8) is 0 Å². The number of nitrogens with one attached hydrogen (secondary N) is 1. The number of ether oxygens (including phenoxy) is 2. The predicted molar refractivity (Wildman–Crippen MR) is 75.6 cm³/mol. The van der Waals surface area contributed by atoms with Crippen molar-refractivity contribution in [3.05, 3.63) is 32.6 Å². The van der Waals surface area contributed by atoms with E-state index in [1.807, 2.05) is 0 Å². The van der Waals surface area contributed by atoms with Gasteiger partial charge >= 0.3 is 17.8 Å². The molecule has 1 N–H and O–H groups in total. The van der Waals surface area contributed by atoms with E-state index in [9.17, 15) is 36.3 Å². The first-order valence-corrected chi connectivity index (χ1v) is 7.45. The van der Waals surface area contributed by atoms with Gasteiger partial charge in [-0.2, -0.15) is 13.2 Å². The normalized spacial score (nSPS) is 26.3. The summed E-state index contributed by atoms with van der Waals surface area (Å²) in [6.07, 6.45) is -9.92. The average molecular weight is 386 g/mol. The molecule has 1 aromatic heterocycles.